The standard InChI is InChI=1S/C30H27N5O2/c1-37-26-14-8-11-24(19-26)29-27(21-35(34-29)25-12-6-3-7-13-25)23-15-16-31-28(20-23)32-17-18-33-30(36)22-9-4-2-5-10-22/h2-16,19-21H,17-18H2,1H3,(H,31,32)(H,33,36). The first-order valence-electron chi connectivity index (χ1n) is 12.0. The van der Waals surface area contributed by atoms with Crippen molar-refractivity contribution in [3.05, 3.63) is 115 Å². The maximum absolute atomic E-state index is 12.3. The van der Waals surface area contributed by atoms with Crippen molar-refractivity contribution in [2.24, 2.45) is 0 Å². The molecule has 0 unspecified atom stereocenters. The maximum Gasteiger partial charge on any atom is 0.251 e. The van der Waals surface area contributed by atoms with E-state index in [9.17, 15) is 4.79 Å². The van der Waals surface area contributed by atoms with Gasteiger partial charge in [-0.05, 0) is 54.1 Å². The van der Waals surface area contributed by atoms with Crippen LogP contribution in [0.4, 0.5) is 5.82 Å². The zero-order valence-electron chi connectivity index (χ0n) is 20.5. The molecule has 2 heterocycles. The number of benzene rings is 3. The first-order chi connectivity index (χ1) is 18.2. The minimum absolute atomic E-state index is 0.0969. The summed E-state index contributed by atoms with van der Waals surface area (Å²) in [5.74, 6) is 1.39. The number of ether oxygens (including phenoxy) is 1. The largest absolute Gasteiger partial charge is 0.497 e. The van der Waals surface area contributed by atoms with Gasteiger partial charge in [0, 0.05) is 42.2 Å². The second-order valence-corrected chi connectivity index (χ2v) is 8.38. The van der Waals surface area contributed by atoms with Crippen molar-refractivity contribution in [1.82, 2.24) is 20.1 Å². The number of pyridine rings is 1. The highest BCUT2D eigenvalue weighted by Crippen LogP contribution is 2.34. The molecule has 37 heavy (non-hydrogen) atoms. The molecule has 0 bridgehead atoms. The zero-order valence-corrected chi connectivity index (χ0v) is 20.5. The molecule has 0 aliphatic heterocycles. The van der Waals surface area contributed by atoms with E-state index in [4.69, 9.17) is 9.84 Å². The van der Waals surface area contributed by atoms with Crippen LogP contribution in [0.3, 0.4) is 0 Å². The van der Waals surface area contributed by atoms with E-state index in [0.717, 1.165) is 39.6 Å². The van der Waals surface area contributed by atoms with Gasteiger partial charge in [-0.25, -0.2) is 9.67 Å². The van der Waals surface area contributed by atoms with Crippen LogP contribution in [0.25, 0.3) is 28.1 Å². The summed E-state index contributed by atoms with van der Waals surface area (Å²) in [7, 11) is 1.66. The van der Waals surface area contributed by atoms with Gasteiger partial charge in [-0.15, -0.1) is 0 Å². The maximum atomic E-state index is 12.3. The second kappa shape index (κ2) is 11.2. The fourth-order valence-corrected chi connectivity index (χ4v) is 4.03. The Morgan fingerprint density at radius 1 is 0.865 bits per heavy atom. The Hall–Kier alpha value is -4.91. The number of amides is 1. The number of hydrogen-bond acceptors (Lipinski definition) is 5. The lowest BCUT2D eigenvalue weighted by atomic mass is 10.0. The first-order valence-corrected chi connectivity index (χ1v) is 12.0. The Labute approximate surface area is 215 Å². The van der Waals surface area contributed by atoms with Gasteiger partial charge >= 0.3 is 0 Å². The molecule has 0 aliphatic carbocycles. The molecule has 0 saturated carbocycles. The molecule has 0 aliphatic rings. The smallest absolute Gasteiger partial charge is 0.251 e. The van der Waals surface area contributed by atoms with Crippen molar-refractivity contribution < 1.29 is 9.53 Å². The van der Waals surface area contributed by atoms with Gasteiger partial charge in [-0.1, -0.05) is 48.5 Å². The third-order valence-corrected chi connectivity index (χ3v) is 5.90. The van der Waals surface area contributed by atoms with Gasteiger partial charge in [0.15, 0.2) is 0 Å². The summed E-state index contributed by atoms with van der Waals surface area (Å²) in [5.41, 5.74) is 5.36. The highest BCUT2D eigenvalue weighted by molar-refractivity contribution is 5.94. The summed E-state index contributed by atoms with van der Waals surface area (Å²) >= 11 is 0. The van der Waals surface area contributed by atoms with Crippen LogP contribution in [-0.2, 0) is 0 Å². The Morgan fingerprint density at radius 2 is 1.65 bits per heavy atom. The summed E-state index contributed by atoms with van der Waals surface area (Å²) in [5, 5.41) is 11.2. The van der Waals surface area contributed by atoms with E-state index in [2.05, 4.69) is 15.6 Å². The summed E-state index contributed by atoms with van der Waals surface area (Å²) in [6.45, 7) is 1.02. The topological polar surface area (TPSA) is 81.1 Å². The van der Waals surface area contributed by atoms with E-state index in [0.29, 0.717) is 18.7 Å². The molecule has 5 rings (SSSR count). The molecule has 0 atom stereocenters. The van der Waals surface area contributed by atoms with Crippen LogP contribution in [0.15, 0.2) is 109 Å². The minimum atomic E-state index is -0.0969. The number of para-hydroxylation sites is 1. The van der Waals surface area contributed by atoms with E-state index >= 15 is 0 Å². The van der Waals surface area contributed by atoms with Crippen molar-refractivity contribution >= 4 is 11.7 Å². The number of rotatable bonds is 9. The number of nitrogens with one attached hydrogen (secondary N) is 2. The molecule has 5 aromatic rings. The quantitative estimate of drug-likeness (QED) is 0.269. The van der Waals surface area contributed by atoms with E-state index in [1.807, 2.05) is 95.8 Å². The number of hydrogen-bond donors (Lipinski definition) is 2. The molecule has 0 spiro atoms. The van der Waals surface area contributed by atoms with E-state index in [1.54, 1.807) is 25.4 Å². The minimum Gasteiger partial charge on any atom is -0.497 e. The number of anilines is 1. The number of carbonyl (C=O) groups is 1. The van der Waals surface area contributed by atoms with Crippen LogP contribution in [-0.4, -0.2) is 40.9 Å². The van der Waals surface area contributed by atoms with Crippen LogP contribution in [0, 0.1) is 0 Å². The third kappa shape index (κ3) is 5.67. The number of nitrogens with zero attached hydrogens (tertiary/aromatic N) is 3. The normalized spacial score (nSPS) is 10.6. The molecule has 0 radical (unpaired) electrons. The average molecular weight is 490 g/mol. The molecular weight excluding hydrogens is 462 g/mol. The molecule has 7 nitrogen and oxygen atoms in total. The van der Waals surface area contributed by atoms with Crippen LogP contribution in [0.5, 0.6) is 5.75 Å². The fraction of sp³-hybridized carbons (Fsp3) is 0.100. The van der Waals surface area contributed by atoms with Crippen molar-refractivity contribution in [2.45, 2.75) is 0 Å². The van der Waals surface area contributed by atoms with Gasteiger partial charge < -0.3 is 15.4 Å². The van der Waals surface area contributed by atoms with Gasteiger partial charge in [0.2, 0.25) is 0 Å². The van der Waals surface area contributed by atoms with Gasteiger partial charge in [0.25, 0.3) is 5.91 Å². The second-order valence-electron chi connectivity index (χ2n) is 8.38. The molecule has 2 aromatic heterocycles. The number of methoxy groups -OCH3 is 1. The van der Waals surface area contributed by atoms with Gasteiger partial charge in [-0.2, -0.15) is 5.10 Å². The average Bonchev–Trinajstić information content (AvgIpc) is 3.42. The monoisotopic (exact) mass is 489 g/mol. The molecule has 7 heteroatoms. The van der Waals surface area contributed by atoms with Crippen LogP contribution in [0.1, 0.15) is 10.4 Å². The van der Waals surface area contributed by atoms with Gasteiger partial charge in [0.05, 0.1) is 12.8 Å². The lowest BCUT2D eigenvalue weighted by Crippen LogP contribution is -2.28. The Bertz CT molecular complexity index is 1480. The molecule has 0 saturated heterocycles. The molecule has 2 N–H and O–H groups in total. The Morgan fingerprint density at radius 3 is 2.43 bits per heavy atom. The molecule has 1 amide bonds. The Balaban J connectivity index is 1.37. The van der Waals surface area contributed by atoms with Gasteiger partial charge in [0.1, 0.15) is 17.3 Å². The van der Waals surface area contributed by atoms with Crippen molar-refractivity contribution in [3.8, 4) is 33.8 Å². The lowest BCUT2D eigenvalue weighted by Gasteiger charge is -2.09. The van der Waals surface area contributed by atoms with Crippen molar-refractivity contribution in [3.63, 3.8) is 0 Å². The van der Waals surface area contributed by atoms with Crippen LogP contribution >= 0.6 is 0 Å². The lowest BCUT2D eigenvalue weighted by molar-refractivity contribution is 0.0955. The van der Waals surface area contributed by atoms with E-state index in [1.165, 1.54) is 0 Å². The van der Waals surface area contributed by atoms with Crippen molar-refractivity contribution in [1.29, 1.82) is 0 Å². The highest BCUT2D eigenvalue weighted by Gasteiger charge is 2.15. The molecule has 0 fully saturated rings. The van der Waals surface area contributed by atoms with Gasteiger partial charge in [-0.3, -0.25) is 4.79 Å². The third-order valence-electron chi connectivity index (χ3n) is 5.90. The molecule has 3 aromatic carbocycles. The first kappa shape index (κ1) is 23.8. The predicted octanol–water partition coefficient (Wildman–Crippen LogP) is 5.45. The Kier molecular flexibility index (Phi) is 7.22. The highest BCUT2D eigenvalue weighted by atomic mass is 16.5. The number of aromatic nitrogens is 3. The zero-order chi connectivity index (χ0) is 25.5. The SMILES string of the molecule is COc1cccc(-c2nn(-c3ccccc3)cc2-c2ccnc(NCCNC(=O)c3ccccc3)c2)c1. The molecular formula is C30H27N5O2. The molecule has 184 valence electrons. The summed E-state index contributed by atoms with van der Waals surface area (Å²) < 4.78 is 7.33. The van der Waals surface area contributed by atoms with Crippen LogP contribution < -0.4 is 15.4 Å². The number of carbonyl (C=O) groups excluding carboxylic acids is 1. The summed E-state index contributed by atoms with van der Waals surface area (Å²) in [6.07, 6.45) is 3.80. The van der Waals surface area contributed by atoms with Crippen molar-refractivity contribution in [2.75, 3.05) is 25.5 Å². The summed E-state index contributed by atoms with van der Waals surface area (Å²) in [6, 6.07) is 31.1. The summed E-state index contributed by atoms with van der Waals surface area (Å²) in [4.78, 5) is 16.7. The fourth-order valence-electron chi connectivity index (χ4n) is 4.03. The predicted molar refractivity (Wildman–Crippen MR) is 146 cm³/mol. The van der Waals surface area contributed by atoms with E-state index < -0.39 is 0 Å². The van der Waals surface area contributed by atoms with E-state index in [-0.39, 0.29) is 5.91 Å². The van der Waals surface area contributed by atoms with Crippen LogP contribution in [0.2, 0.25) is 0 Å².